The largest absolute Gasteiger partial charge is 0.467 e. The number of carbonyl (C=O) groups is 2. The Bertz CT molecular complexity index is 973. The van der Waals surface area contributed by atoms with Crippen LogP contribution >= 0.6 is 0 Å². The molecule has 0 radical (unpaired) electrons. The zero-order chi connectivity index (χ0) is 21.3. The molecule has 1 unspecified atom stereocenters. The first kappa shape index (κ1) is 20.9. The molecular formula is C25H23NO4. The summed E-state index contributed by atoms with van der Waals surface area (Å²) in [6, 6.07) is 27.0. The van der Waals surface area contributed by atoms with E-state index < -0.39 is 18.0 Å². The Labute approximate surface area is 176 Å². The molecule has 5 nitrogen and oxygen atoms in total. The molecule has 0 aromatic heterocycles. The molecule has 0 saturated heterocycles. The van der Waals surface area contributed by atoms with Crippen molar-refractivity contribution in [1.29, 1.82) is 0 Å². The lowest BCUT2D eigenvalue weighted by molar-refractivity contribution is -0.144. The third-order valence-corrected chi connectivity index (χ3v) is 4.61. The molecule has 0 heterocycles. The molecule has 0 aliphatic rings. The van der Waals surface area contributed by atoms with Gasteiger partial charge in [-0.2, -0.15) is 0 Å². The molecule has 3 aromatic carbocycles. The number of ether oxygens (including phenoxy) is 2. The lowest BCUT2D eigenvalue weighted by Gasteiger charge is -2.23. The fourth-order valence-electron chi connectivity index (χ4n) is 3.23. The van der Waals surface area contributed by atoms with E-state index in [9.17, 15) is 9.59 Å². The van der Waals surface area contributed by atoms with Gasteiger partial charge in [0.25, 0.3) is 0 Å². The second kappa shape index (κ2) is 10.1. The fourth-order valence-corrected chi connectivity index (χ4v) is 3.23. The molecule has 1 N–H and O–H groups in total. The quantitative estimate of drug-likeness (QED) is 0.472. The molecule has 0 aliphatic heterocycles. The topological polar surface area (TPSA) is 64.6 Å². The summed E-state index contributed by atoms with van der Waals surface area (Å²) in [5, 5.41) is 3.13. The zero-order valence-corrected chi connectivity index (χ0v) is 16.9. The number of methoxy groups -OCH3 is 2. The van der Waals surface area contributed by atoms with Gasteiger partial charge in [-0.15, -0.1) is 0 Å². The van der Waals surface area contributed by atoms with Crippen molar-refractivity contribution in [2.45, 2.75) is 6.04 Å². The summed E-state index contributed by atoms with van der Waals surface area (Å²) in [5.41, 5.74) is 3.02. The third-order valence-electron chi connectivity index (χ3n) is 4.61. The maximum absolute atomic E-state index is 13.0. The van der Waals surface area contributed by atoms with Crippen LogP contribution in [0.25, 0.3) is 5.57 Å². The number of benzene rings is 3. The van der Waals surface area contributed by atoms with Crippen LogP contribution in [-0.2, 0) is 19.1 Å². The van der Waals surface area contributed by atoms with Gasteiger partial charge in [0.05, 0.1) is 19.8 Å². The van der Waals surface area contributed by atoms with E-state index in [0.717, 1.165) is 11.1 Å². The number of nitrogens with one attached hydrogen (secondary N) is 1. The van der Waals surface area contributed by atoms with Gasteiger partial charge in [0.1, 0.15) is 0 Å². The number of esters is 2. The molecule has 5 heteroatoms. The minimum absolute atomic E-state index is 0.172. The monoisotopic (exact) mass is 401 g/mol. The predicted octanol–water partition coefficient (Wildman–Crippen LogP) is 4.32. The summed E-state index contributed by atoms with van der Waals surface area (Å²) in [6.07, 6.45) is 0. The first-order chi connectivity index (χ1) is 14.7. The SMILES string of the molecule is COC(=O)C(=C(c1ccccc1)c1ccccc1)C(Nc1ccccc1)C(=O)OC. The van der Waals surface area contributed by atoms with Crippen LogP contribution in [-0.4, -0.2) is 32.2 Å². The molecule has 0 spiro atoms. The highest BCUT2D eigenvalue weighted by Gasteiger charge is 2.33. The average molecular weight is 401 g/mol. The molecule has 152 valence electrons. The second-order valence-corrected chi connectivity index (χ2v) is 6.48. The Kier molecular flexibility index (Phi) is 7.00. The minimum Gasteiger partial charge on any atom is -0.467 e. The van der Waals surface area contributed by atoms with Crippen LogP contribution in [0.3, 0.4) is 0 Å². The average Bonchev–Trinajstić information content (AvgIpc) is 2.82. The van der Waals surface area contributed by atoms with E-state index in [1.54, 1.807) is 0 Å². The summed E-state index contributed by atoms with van der Waals surface area (Å²) in [5.74, 6) is -1.21. The highest BCUT2D eigenvalue weighted by Crippen LogP contribution is 2.31. The molecule has 0 amide bonds. The Morgan fingerprint density at radius 2 is 1.17 bits per heavy atom. The summed E-state index contributed by atoms with van der Waals surface area (Å²) < 4.78 is 10.1. The van der Waals surface area contributed by atoms with Crippen LogP contribution in [0.4, 0.5) is 5.69 Å². The number of rotatable bonds is 7. The highest BCUT2D eigenvalue weighted by atomic mass is 16.5. The van der Waals surface area contributed by atoms with Crippen LogP contribution in [0.1, 0.15) is 11.1 Å². The van der Waals surface area contributed by atoms with Crippen molar-refractivity contribution in [3.8, 4) is 0 Å². The van der Waals surface area contributed by atoms with Crippen LogP contribution in [0.15, 0.2) is 96.6 Å². The van der Waals surface area contributed by atoms with Crippen LogP contribution in [0.2, 0.25) is 0 Å². The maximum Gasteiger partial charge on any atom is 0.337 e. The van der Waals surface area contributed by atoms with E-state index in [2.05, 4.69) is 5.32 Å². The molecule has 30 heavy (non-hydrogen) atoms. The van der Waals surface area contributed by atoms with Crippen LogP contribution < -0.4 is 5.32 Å². The van der Waals surface area contributed by atoms with Gasteiger partial charge in [-0.05, 0) is 23.3 Å². The summed E-state index contributed by atoms with van der Waals surface area (Å²) in [4.78, 5) is 25.8. The molecule has 3 aromatic rings. The van der Waals surface area contributed by atoms with Crippen molar-refractivity contribution >= 4 is 23.2 Å². The molecule has 0 aliphatic carbocycles. The Morgan fingerprint density at radius 1 is 0.700 bits per heavy atom. The number of hydrogen-bond donors (Lipinski definition) is 1. The molecule has 1 atom stereocenters. The van der Waals surface area contributed by atoms with Gasteiger partial charge >= 0.3 is 11.9 Å². The van der Waals surface area contributed by atoms with E-state index in [1.165, 1.54) is 14.2 Å². The van der Waals surface area contributed by atoms with E-state index >= 15 is 0 Å². The van der Waals surface area contributed by atoms with Crippen molar-refractivity contribution in [2.24, 2.45) is 0 Å². The number of anilines is 1. The normalized spacial score (nSPS) is 11.1. The zero-order valence-electron chi connectivity index (χ0n) is 16.9. The van der Waals surface area contributed by atoms with E-state index in [1.807, 2.05) is 91.0 Å². The lowest BCUT2D eigenvalue weighted by atomic mass is 9.89. The summed E-state index contributed by atoms with van der Waals surface area (Å²) in [7, 11) is 2.59. The first-order valence-corrected chi connectivity index (χ1v) is 9.48. The Balaban J connectivity index is 2.29. The van der Waals surface area contributed by atoms with Gasteiger partial charge in [0.15, 0.2) is 6.04 Å². The predicted molar refractivity (Wildman–Crippen MR) is 117 cm³/mol. The second-order valence-electron chi connectivity index (χ2n) is 6.48. The lowest BCUT2D eigenvalue weighted by Crippen LogP contribution is -2.37. The Hall–Kier alpha value is -3.86. The van der Waals surface area contributed by atoms with Gasteiger partial charge in [0.2, 0.25) is 0 Å². The van der Waals surface area contributed by atoms with Crippen molar-refractivity contribution in [1.82, 2.24) is 0 Å². The third kappa shape index (κ3) is 4.75. The standard InChI is InChI=1S/C25H23NO4/c1-29-24(27)22(23(25(28)30-2)26-20-16-10-5-11-17-20)21(18-12-6-3-7-13-18)19-14-8-4-9-15-19/h3-17,23,26H,1-2H3. The Morgan fingerprint density at radius 3 is 1.60 bits per heavy atom. The molecular weight excluding hydrogens is 378 g/mol. The summed E-state index contributed by atoms with van der Waals surface area (Å²) >= 11 is 0. The van der Waals surface area contributed by atoms with Crippen molar-refractivity contribution in [2.75, 3.05) is 19.5 Å². The smallest absolute Gasteiger partial charge is 0.337 e. The molecule has 0 saturated carbocycles. The fraction of sp³-hybridized carbons (Fsp3) is 0.120. The van der Waals surface area contributed by atoms with Gasteiger partial charge in [0, 0.05) is 11.3 Å². The minimum atomic E-state index is -1.07. The first-order valence-electron chi connectivity index (χ1n) is 9.48. The highest BCUT2D eigenvalue weighted by molar-refractivity contribution is 6.08. The molecule has 0 fully saturated rings. The van der Waals surface area contributed by atoms with Crippen molar-refractivity contribution in [3.05, 3.63) is 108 Å². The van der Waals surface area contributed by atoms with Gasteiger partial charge in [-0.25, -0.2) is 9.59 Å². The number of carbonyl (C=O) groups excluding carboxylic acids is 2. The van der Waals surface area contributed by atoms with Gasteiger partial charge in [-0.3, -0.25) is 0 Å². The number of para-hydroxylation sites is 1. The number of hydrogen-bond acceptors (Lipinski definition) is 5. The van der Waals surface area contributed by atoms with Gasteiger partial charge in [-0.1, -0.05) is 78.9 Å². The van der Waals surface area contributed by atoms with E-state index in [4.69, 9.17) is 9.47 Å². The summed E-state index contributed by atoms with van der Waals surface area (Å²) in [6.45, 7) is 0. The molecule has 3 rings (SSSR count). The molecule has 0 bridgehead atoms. The van der Waals surface area contributed by atoms with Crippen LogP contribution in [0, 0.1) is 0 Å². The van der Waals surface area contributed by atoms with Gasteiger partial charge < -0.3 is 14.8 Å². The van der Waals surface area contributed by atoms with Crippen LogP contribution in [0.5, 0.6) is 0 Å². The van der Waals surface area contributed by atoms with E-state index in [-0.39, 0.29) is 5.57 Å². The van der Waals surface area contributed by atoms with Crippen molar-refractivity contribution in [3.63, 3.8) is 0 Å². The van der Waals surface area contributed by atoms with Crippen molar-refractivity contribution < 1.29 is 19.1 Å². The maximum atomic E-state index is 13.0. The van der Waals surface area contributed by atoms with E-state index in [0.29, 0.717) is 11.3 Å².